The molecule has 25 heavy (non-hydrogen) atoms. The zero-order valence-electron chi connectivity index (χ0n) is 15.1. The Bertz CT molecular complexity index is 567. The standard InChI is InChI=1S/C20H30N2O3/c1-15(4-5-16-6-8-18(23)9-7-16)21-19(24)22-17-10-13-25-20(14-17)11-2-3-12-20/h6-9,15,17,23H,2-5,10-14H2,1H3,(H2,21,22,24)/t15-,17-/m1/s1. The zero-order chi connectivity index (χ0) is 17.7. The molecule has 0 radical (unpaired) electrons. The molecule has 1 heterocycles. The summed E-state index contributed by atoms with van der Waals surface area (Å²) in [5.74, 6) is 0.283. The van der Waals surface area contributed by atoms with Crippen LogP contribution in [0.5, 0.6) is 5.75 Å². The molecule has 5 heteroatoms. The highest BCUT2D eigenvalue weighted by Crippen LogP contribution is 2.39. The van der Waals surface area contributed by atoms with Gasteiger partial charge in [0.15, 0.2) is 0 Å². The summed E-state index contributed by atoms with van der Waals surface area (Å²) in [4.78, 5) is 12.3. The average Bonchev–Trinajstić information content (AvgIpc) is 3.02. The predicted octanol–water partition coefficient (Wildman–Crippen LogP) is 3.50. The second-order valence-electron chi connectivity index (χ2n) is 7.65. The molecule has 2 aliphatic rings. The minimum atomic E-state index is -0.0711. The van der Waals surface area contributed by atoms with Crippen molar-refractivity contribution in [2.75, 3.05) is 6.61 Å². The lowest BCUT2D eigenvalue weighted by atomic mass is 9.89. The van der Waals surface area contributed by atoms with Gasteiger partial charge in [0.25, 0.3) is 0 Å². The van der Waals surface area contributed by atoms with Crippen molar-refractivity contribution in [1.29, 1.82) is 0 Å². The predicted molar refractivity (Wildman–Crippen MR) is 97.7 cm³/mol. The molecule has 2 atom stereocenters. The zero-order valence-corrected chi connectivity index (χ0v) is 15.1. The van der Waals surface area contributed by atoms with Crippen molar-refractivity contribution >= 4 is 6.03 Å². The van der Waals surface area contributed by atoms with E-state index in [0.717, 1.165) is 45.1 Å². The third kappa shape index (κ3) is 5.11. The van der Waals surface area contributed by atoms with Crippen molar-refractivity contribution in [2.45, 2.75) is 76.0 Å². The van der Waals surface area contributed by atoms with Gasteiger partial charge in [-0.05, 0) is 63.1 Å². The number of phenols is 1. The number of carbonyl (C=O) groups is 1. The summed E-state index contributed by atoms with van der Waals surface area (Å²) in [5, 5.41) is 15.5. The molecule has 138 valence electrons. The Labute approximate surface area is 150 Å². The maximum atomic E-state index is 12.3. The summed E-state index contributed by atoms with van der Waals surface area (Å²) in [6.45, 7) is 2.78. The van der Waals surface area contributed by atoms with E-state index >= 15 is 0 Å². The first-order valence-electron chi connectivity index (χ1n) is 9.54. The van der Waals surface area contributed by atoms with E-state index in [9.17, 15) is 9.90 Å². The van der Waals surface area contributed by atoms with E-state index in [1.54, 1.807) is 12.1 Å². The van der Waals surface area contributed by atoms with Crippen LogP contribution in [-0.2, 0) is 11.2 Å². The first-order chi connectivity index (χ1) is 12.0. The molecule has 5 nitrogen and oxygen atoms in total. The van der Waals surface area contributed by atoms with E-state index in [-0.39, 0.29) is 29.5 Å². The van der Waals surface area contributed by atoms with Crippen LogP contribution in [0.4, 0.5) is 4.79 Å². The largest absolute Gasteiger partial charge is 0.508 e. The molecule has 3 rings (SSSR count). The number of rotatable bonds is 5. The van der Waals surface area contributed by atoms with E-state index in [1.807, 2.05) is 19.1 Å². The van der Waals surface area contributed by atoms with Crippen LogP contribution in [0.2, 0.25) is 0 Å². The van der Waals surface area contributed by atoms with Gasteiger partial charge in [0, 0.05) is 18.7 Å². The fourth-order valence-electron chi connectivity index (χ4n) is 4.09. The maximum Gasteiger partial charge on any atom is 0.315 e. The van der Waals surface area contributed by atoms with Gasteiger partial charge in [-0.2, -0.15) is 0 Å². The van der Waals surface area contributed by atoms with Crippen LogP contribution < -0.4 is 10.6 Å². The number of amides is 2. The molecule has 1 aliphatic carbocycles. The molecule has 1 aromatic carbocycles. The Morgan fingerprint density at radius 3 is 2.76 bits per heavy atom. The Morgan fingerprint density at radius 1 is 1.32 bits per heavy atom. The quantitative estimate of drug-likeness (QED) is 0.764. The molecule has 1 spiro atoms. The van der Waals surface area contributed by atoms with Gasteiger partial charge in [-0.15, -0.1) is 0 Å². The van der Waals surface area contributed by atoms with Gasteiger partial charge in [0.2, 0.25) is 0 Å². The second-order valence-corrected chi connectivity index (χ2v) is 7.65. The van der Waals surface area contributed by atoms with Crippen LogP contribution in [-0.4, -0.2) is 35.4 Å². The van der Waals surface area contributed by atoms with Crippen molar-refractivity contribution in [3.63, 3.8) is 0 Å². The van der Waals surface area contributed by atoms with Crippen LogP contribution in [0.3, 0.4) is 0 Å². The highest BCUT2D eigenvalue weighted by atomic mass is 16.5. The van der Waals surface area contributed by atoms with E-state index in [0.29, 0.717) is 0 Å². The number of urea groups is 1. The highest BCUT2D eigenvalue weighted by molar-refractivity contribution is 5.74. The lowest BCUT2D eigenvalue weighted by molar-refractivity contribution is -0.0820. The fourth-order valence-corrected chi connectivity index (χ4v) is 4.09. The number of benzene rings is 1. The summed E-state index contributed by atoms with van der Waals surface area (Å²) < 4.78 is 6.03. The molecular weight excluding hydrogens is 316 g/mol. The number of hydrogen-bond donors (Lipinski definition) is 3. The Morgan fingerprint density at radius 2 is 2.04 bits per heavy atom. The van der Waals surface area contributed by atoms with Crippen molar-refractivity contribution in [3.8, 4) is 5.75 Å². The topological polar surface area (TPSA) is 70.6 Å². The SMILES string of the molecule is C[C@H](CCc1ccc(O)cc1)NC(=O)N[C@@H]1CCOC2(CCCC2)C1. The molecular formula is C20H30N2O3. The molecule has 0 aromatic heterocycles. The lowest BCUT2D eigenvalue weighted by Gasteiger charge is -2.38. The van der Waals surface area contributed by atoms with E-state index in [4.69, 9.17) is 4.74 Å². The summed E-state index contributed by atoms with van der Waals surface area (Å²) >= 11 is 0. The van der Waals surface area contributed by atoms with E-state index in [1.165, 1.54) is 18.4 Å². The number of phenolic OH excluding ortho intramolecular Hbond substituents is 1. The second kappa shape index (κ2) is 8.09. The number of aryl methyl sites for hydroxylation is 1. The molecule has 1 aromatic rings. The lowest BCUT2D eigenvalue weighted by Crippen LogP contribution is -2.51. The number of aromatic hydroxyl groups is 1. The van der Waals surface area contributed by atoms with E-state index < -0.39 is 0 Å². The molecule has 1 saturated heterocycles. The highest BCUT2D eigenvalue weighted by Gasteiger charge is 2.40. The molecule has 2 fully saturated rings. The molecule has 1 aliphatic heterocycles. The monoisotopic (exact) mass is 346 g/mol. The fraction of sp³-hybridized carbons (Fsp3) is 0.650. The van der Waals surface area contributed by atoms with Gasteiger partial charge < -0.3 is 20.5 Å². The average molecular weight is 346 g/mol. The molecule has 0 bridgehead atoms. The number of ether oxygens (including phenoxy) is 1. The molecule has 3 N–H and O–H groups in total. The van der Waals surface area contributed by atoms with Gasteiger partial charge >= 0.3 is 6.03 Å². The van der Waals surface area contributed by atoms with Crippen LogP contribution in [0.15, 0.2) is 24.3 Å². The van der Waals surface area contributed by atoms with Crippen LogP contribution in [0.25, 0.3) is 0 Å². The van der Waals surface area contributed by atoms with Gasteiger partial charge in [-0.1, -0.05) is 25.0 Å². The molecule has 1 saturated carbocycles. The molecule has 2 amide bonds. The molecule has 0 unspecified atom stereocenters. The summed E-state index contributed by atoms with van der Waals surface area (Å²) in [6.07, 6.45) is 8.35. The Hall–Kier alpha value is -1.75. The number of carbonyl (C=O) groups excluding carboxylic acids is 1. The van der Waals surface area contributed by atoms with Crippen LogP contribution >= 0.6 is 0 Å². The smallest absolute Gasteiger partial charge is 0.315 e. The first kappa shape index (κ1) is 18.1. The minimum absolute atomic E-state index is 0.0285. The summed E-state index contributed by atoms with van der Waals surface area (Å²) in [6, 6.07) is 7.49. The Balaban J connectivity index is 1.40. The normalized spacial score (nSPS) is 23.3. The van der Waals surface area contributed by atoms with Gasteiger partial charge in [0.05, 0.1) is 5.60 Å². The van der Waals surface area contributed by atoms with Crippen molar-refractivity contribution in [2.24, 2.45) is 0 Å². The van der Waals surface area contributed by atoms with Crippen molar-refractivity contribution < 1.29 is 14.6 Å². The number of nitrogens with one attached hydrogen (secondary N) is 2. The van der Waals surface area contributed by atoms with Gasteiger partial charge in [-0.25, -0.2) is 4.79 Å². The summed E-state index contributed by atoms with van der Waals surface area (Å²) in [5.41, 5.74) is 1.19. The van der Waals surface area contributed by atoms with Gasteiger partial charge in [0.1, 0.15) is 5.75 Å². The Kier molecular flexibility index (Phi) is 5.84. The third-order valence-electron chi connectivity index (χ3n) is 5.52. The van der Waals surface area contributed by atoms with Crippen molar-refractivity contribution in [1.82, 2.24) is 10.6 Å². The first-order valence-corrected chi connectivity index (χ1v) is 9.54. The minimum Gasteiger partial charge on any atom is -0.508 e. The third-order valence-corrected chi connectivity index (χ3v) is 5.52. The summed E-state index contributed by atoms with van der Waals surface area (Å²) in [7, 11) is 0. The van der Waals surface area contributed by atoms with Gasteiger partial charge in [-0.3, -0.25) is 0 Å². The van der Waals surface area contributed by atoms with Crippen molar-refractivity contribution in [3.05, 3.63) is 29.8 Å². The maximum absolute atomic E-state index is 12.3. The number of hydrogen-bond acceptors (Lipinski definition) is 3. The van der Waals surface area contributed by atoms with Crippen LogP contribution in [0, 0.1) is 0 Å². The van der Waals surface area contributed by atoms with Crippen LogP contribution in [0.1, 0.15) is 57.4 Å². The van der Waals surface area contributed by atoms with E-state index in [2.05, 4.69) is 10.6 Å².